The van der Waals surface area contributed by atoms with Crippen molar-refractivity contribution in [3.63, 3.8) is 0 Å². The summed E-state index contributed by atoms with van der Waals surface area (Å²) >= 11 is 1.38. The maximum absolute atomic E-state index is 13.2. The number of carbonyl (C=O) groups excluding carboxylic acids is 1. The predicted molar refractivity (Wildman–Crippen MR) is 103 cm³/mol. The van der Waals surface area contributed by atoms with E-state index in [0.717, 1.165) is 33.1 Å². The molecule has 0 N–H and O–H groups in total. The van der Waals surface area contributed by atoms with Crippen molar-refractivity contribution < 1.29 is 13.6 Å². The number of amides is 1. The second kappa shape index (κ2) is 6.66. The topological polar surface area (TPSA) is 51.3 Å². The number of thiophene rings is 1. The highest BCUT2D eigenvalue weighted by atomic mass is 32.1. The second-order valence-electron chi connectivity index (χ2n) is 6.48. The first-order chi connectivity index (χ1) is 12.9. The van der Waals surface area contributed by atoms with Gasteiger partial charge in [-0.25, -0.2) is 9.07 Å². The third kappa shape index (κ3) is 3.26. The van der Waals surface area contributed by atoms with Gasteiger partial charge in [-0.3, -0.25) is 4.79 Å². The number of aryl methyl sites for hydroxylation is 2. The molecule has 0 unspecified atom stereocenters. The Balaban J connectivity index is 1.65. The highest BCUT2D eigenvalue weighted by Crippen LogP contribution is 2.31. The summed E-state index contributed by atoms with van der Waals surface area (Å²) in [5.74, 6) is 1.20. The zero-order valence-corrected chi connectivity index (χ0v) is 16.0. The smallest absolute Gasteiger partial charge is 0.264 e. The molecule has 0 radical (unpaired) electrons. The van der Waals surface area contributed by atoms with E-state index in [1.807, 2.05) is 32.0 Å². The molecule has 3 heterocycles. The van der Waals surface area contributed by atoms with E-state index in [1.165, 1.54) is 23.5 Å². The largest absolute Gasteiger partial charge is 0.464 e. The van der Waals surface area contributed by atoms with Crippen LogP contribution in [0.3, 0.4) is 0 Å². The number of fused-ring (bicyclic) bond motifs is 1. The highest BCUT2D eigenvalue weighted by Gasteiger charge is 2.20. The molecule has 1 amide bonds. The van der Waals surface area contributed by atoms with Crippen molar-refractivity contribution in [3.05, 3.63) is 70.4 Å². The second-order valence-corrected chi connectivity index (χ2v) is 7.51. The molecule has 0 aliphatic carbocycles. The molecule has 0 saturated carbocycles. The standard InChI is InChI=1S/C20H18FN3O2S/c1-12-4-9-16(26-12)11-23(3)19(25)18-10-17-13(2)22-24(20(17)27-18)15-7-5-14(21)6-8-15/h4-10H,11H2,1-3H3. The van der Waals surface area contributed by atoms with Crippen LogP contribution >= 0.6 is 11.3 Å². The number of hydrogen-bond acceptors (Lipinski definition) is 4. The van der Waals surface area contributed by atoms with Gasteiger partial charge in [0.2, 0.25) is 0 Å². The lowest BCUT2D eigenvalue weighted by molar-refractivity contribution is 0.0780. The number of halogens is 1. The van der Waals surface area contributed by atoms with Crippen molar-refractivity contribution in [2.75, 3.05) is 7.05 Å². The van der Waals surface area contributed by atoms with Crippen LogP contribution in [-0.4, -0.2) is 27.6 Å². The molecule has 0 atom stereocenters. The molecule has 1 aromatic carbocycles. The SMILES string of the molecule is Cc1ccc(CN(C)C(=O)c2cc3c(C)nn(-c4ccc(F)cc4)c3s2)o1. The number of rotatable bonds is 4. The van der Waals surface area contributed by atoms with E-state index in [1.54, 1.807) is 28.8 Å². The number of hydrogen-bond donors (Lipinski definition) is 0. The molecule has 7 heteroatoms. The van der Waals surface area contributed by atoms with Crippen molar-refractivity contribution in [2.24, 2.45) is 0 Å². The van der Waals surface area contributed by atoms with Gasteiger partial charge in [0.05, 0.1) is 22.8 Å². The van der Waals surface area contributed by atoms with E-state index in [9.17, 15) is 9.18 Å². The van der Waals surface area contributed by atoms with E-state index in [4.69, 9.17) is 4.42 Å². The van der Waals surface area contributed by atoms with Gasteiger partial charge in [-0.15, -0.1) is 11.3 Å². The molecule has 5 nitrogen and oxygen atoms in total. The van der Waals surface area contributed by atoms with Gasteiger partial charge < -0.3 is 9.32 Å². The average molecular weight is 383 g/mol. The van der Waals surface area contributed by atoms with Crippen LogP contribution in [0.25, 0.3) is 15.9 Å². The Bertz CT molecular complexity index is 1120. The monoisotopic (exact) mass is 383 g/mol. The van der Waals surface area contributed by atoms with Crippen LogP contribution in [0.1, 0.15) is 26.9 Å². The van der Waals surface area contributed by atoms with Crippen LogP contribution in [0, 0.1) is 19.7 Å². The van der Waals surface area contributed by atoms with E-state index in [2.05, 4.69) is 5.10 Å². The summed E-state index contributed by atoms with van der Waals surface area (Å²) in [4.78, 5) is 16.0. The summed E-state index contributed by atoms with van der Waals surface area (Å²) < 4.78 is 20.5. The Morgan fingerprint density at radius 2 is 1.96 bits per heavy atom. The highest BCUT2D eigenvalue weighted by molar-refractivity contribution is 7.20. The zero-order chi connectivity index (χ0) is 19.1. The summed E-state index contributed by atoms with van der Waals surface area (Å²) in [6.45, 7) is 4.18. The fourth-order valence-electron chi connectivity index (χ4n) is 2.97. The molecule has 0 fully saturated rings. The Hall–Kier alpha value is -2.93. The number of aromatic nitrogens is 2. The minimum atomic E-state index is -0.296. The van der Waals surface area contributed by atoms with Gasteiger partial charge in [0.1, 0.15) is 22.2 Å². The summed E-state index contributed by atoms with van der Waals surface area (Å²) in [5, 5.41) is 5.46. The summed E-state index contributed by atoms with van der Waals surface area (Å²) in [6, 6.07) is 11.8. The first-order valence-corrected chi connectivity index (χ1v) is 9.30. The Labute approximate surface area is 159 Å². The Morgan fingerprint density at radius 1 is 1.22 bits per heavy atom. The fraction of sp³-hybridized carbons (Fsp3) is 0.200. The molecular formula is C20H18FN3O2S. The molecule has 4 aromatic rings. The summed E-state index contributed by atoms with van der Waals surface area (Å²) in [5.41, 5.74) is 1.59. The molecule has 0 spiro atoms. The fourth-order valence-corrected chi connectivity index (χ4v) is 4.15. The molecule has 27 heavy (non-hydrogen) atoms. The Morgan fingerprint density at radius 3 is 2.63 bits per heavy atom. The van der Waals surface area contributed by atoms with Crippen LogP contribution < -0.4 is 0 Å². The third-order valence-electron chi connectivity index (χ3n) is 4.36. The van der Waals surface area contributed by atoms with Crippen LogP contribution in [0.15, 0.2) is 46.9 Å². The van der Waals surface area contributed by atoms with Gasteiger partial charge in [0.15, 0.2) is 0 Å². The molecule has 0 bridgehead atoms. The third-order valence-corrected chi connectivity index (χ3v) is 5.46. The quantitative estimate of drug-likeness (QED) is 0.513. The lowest BCUT2D eigenvalue weighted by atomic mass is 10.3. The van der Waals surface area contributed by atoms with Crippen LogP contribution in [0.4, 0.5) is 4.39 Å². The first kappa shape index (κ1) is 17.5. The van der Waals surface area contributed by atoms with Crippen molar-refractivity contribution in [1.82, 2.24) is 14.7 Å². The van der Waals surface area contributed by atoms with Crippen LogP contribution in [0.5, 0.6) is 0 Å². The molecule has 3 aromatic heterocycles. The van der Waals surface area contributed by atoms with E-state index >= 15 is 0 Å². The molecule has 0 saturated heterocycles. The molecule has 0 aliphatic heterocycles. The van der Waals surface area contributed by atoms with Crippen molar-refractivity contribution in [1.29, 1.82) is 0 Å². The van der Waals surface area contributed by atoms with Crippen molar-refractivity contribution in [2.45, 2.75) is 20.4 Å². The van der Waals surface area contributed by atoms with Gasteiger partial charge in [0.25, 0.3) is 5.91 Å². The number of carbonyl (C=O) groups is 1. The molecule has 0 aliphatic rings. The van der Waals surface area contributed by atoms with Crippen molar-refractivity contribution in [3.8, 4) is 5.69 Å². The molecular weight excluding hydrogens is 365 g/mol. The minimum Gasteiger partial charge on any atom is -0.464 e. The van der Waals surface area contributed by atoms with Crippen LogP contribution in [-0.2, 0) is 6.54 Å². The number of furan rings is 1. The maximum Gasteiger partial charge on any atom is 0.264 e. The average Bonchev–Trinajstić information content (AvgIpc) is 3.32. The first-order valence-electron chi connectivity index (χ1n) is 8.48. The van der Waals surface area contributed by atoms with Gasteiger partial charge >= 0.3 is 0 Å². The Kier molecular flexibility index (Phi) is 4.31. The van der Waals surface area contributed by atoms with Gasteiger partial charge in [-0.05, 0) is 56.3 Å². The summed E-state index contributed by atoms with van der Waals surface area (Å²) in [6.07, 6.45) is 0. The van der Waals surface area contributed by atoms with E-state index < -0.39 is 0 Å². The van der Waals surface area contributed by atoms with Crippen molar-refractivity contribution >= 4 is 27.5 Å². The van der Waals surface area contributed by atoms with Gasteiger partial charge in [0, 0.05) is 12.4 Å². The number of nitrogens with zero attached hydrogens (tertiary/aromatic N) is 3. The van der Waals surface area contributed by atoms with Gasteiger partial charge in [-0.1, -0.05) is 0 Å². The molecule has 138 valence electrons. The molecule has 4 rings (SSSR count). The van der Waals surface area contributed by atoms with E-state index in [0.29, 0.717) is 11.4 Å². The van der Waals surface area contributed by atoms with E-state index in [-0.39, 0.29) is 11.7 Å². The minimum absolute atomic E-state index is 0.0738. The predicted octanol–water partition coefficient (Wildman–Crippen LogP) is 4.71. The maximum atomic E-state index is 13.2. The van der Waals surface area contributed by atoms with Crippen LogP contribution in [0.2, 0.25) is 0 Å². The normalized spacial score (nSPS) is 11.3. The summed E-state index contributed by atoms with van der Waals surface area (Å²) in [7, 11) is 1.75. The lowest BCUT2D eigenvalue weighted by Gasteiger charge is -2.14. The lowest BCUT2D eigenvalue weighted by Crippen LogP contribution is -2.25. The zero-order valence-electron chi connectivity index (χ0n) is 15.2. The van der Waals surface area contributed by atoms with Gasteiger partial charge in [-0.2, -0.15) is 5.10 Å². The number of benzene rings is 1.